The summed E-state index contributed by atoms with van der Waals surface area (Å²) >= 11 is 0. The van der Waals surface area contributed by atoms with Crippen molar-refractivity contribution in [2.75, 3.05) is 6.61 Å². The maximum Gasteiger partial charge on any atom is 0.211 e. The van der Waals surface area contributed by atoms with Crippen molar-refractivity contribution in [1.82, 2.24) is 0 Å². The highest BCUT2D eigenvalue weighted by Gasteiger charge is 2.01. The molecular formula is C13H14NO2+. The van der Waals surface area contributed by atoms with Crippen molar-refractivity contribution in [3.8, 4) is 11.5 Å². The fourth-order valence-electron chi connectivity index (χ4n) is 1.43. The number of rotatable bonds is 4. The molecule has 0 aliphatic rings. The van der Waals surface area contributed by atoms with Gasteiger partial charge in [0.15, 0.2) is 18.5 Å². The van der Waals surface area contributed by atoms with Crippen LogP contribution in [-0.4, -0.2) is 11.7 Å². The number of nitrogens with zero attached hydrogens (tertiary/aromatic N) is 1. The summed E-state index contributed by atoms with van der Waals surface area (Å²) in [6, 6.07) is 13.1. The van der Waals surface area contributed by atoms with Gasteiger partial charge in [-0.2, -0.15) is 4.57 Å². The maximum absolute atomic E-state index is 9.27. The van der Waals surface area contributed by atoms with Gasteiger partial charge in [0, 0.05) is 6.07 Å². The zero-order valence-corrected chi connectivity index (χ0v) is 8.91. The molecule has 1 heterocycles. The van der Waals surface area contributed by atoms with Gasteiger partial charge in [-0.1, -0.05) is 18.2 Å². The van der Waals surface area contributed by atoms with Crippen LogP contribution in [0.15, 0.2) is 54.9 Å². The number of benzene rings is 1. The van der Waals surface area contributed by atoms with Crippen LogP contribution in [0.2, 0.25) is 0 Å². The van der Waals surface area contributed by atoms with Gasteiger partial charge in [0.1, 0.15) is 12.4 Å². The highest BCUT2D eigenvalue weighted by Crippen LogP contribution is 2.07. The minimum absolute atomic E-state index is 0.266. The van der Waals surface area contributed by atoms with Crippen LogP contribution >= 0.6 is 0 Å². The second-order valence-electron chi connectivity index (χ2n) is 3.46. The molecule has 0 amide bonds. The molecular weight excluding hydrogens is 202 g/mol. The highest BCUT2D eigenvalue weighted by molar-refractivity contribution is 5.20. The zero-order chi connectivity index (χ0) is 11.2. The number of hydrogen-bond acceptors (Lipinski definition) is 2. The molecule has 0 bridgehead atoms. The first-order chi connectivity index (χ1) is 7.84. The van der Waals surface area contributed by atoms with E-state index >= 15 is 0 Å². The monoisotopic (exact) mass is 216 g/mol. The smallest absolute Gasteiger partial charge is 0.211 e. The number of hydrogen-bond donors (Lipinski definition) is 1. The molecule has 3 nitrogen and oxygen atoms in total. The molecule has 0 saturated heterocycles. The zero-order valence-electron chi connectivity index (χ0n) is 8.91. The molecule has 2 aromatic rings. The highest BCUT2D eigenvalue weighted by atomic mass is 16.5. The van der Waals surface area contributed by atoms with Gasteiger partial charge >= 0.3 is 0 Å². The first-order valence-electron chi connectivity index (χ1n) is 5.20. The summed E-state index contributed by atoms with van der Waals surface area (Å²) in [7, 11) is 0. The van der Waals surface area contributed by atoms with Crippen LogP contribution in [0.1, 0.15) is 0 Å². The molecule has 82 valence electrons. The van der Waals surface area contributed by atoms with Gasteiger partial charge in [-0.3, -0.25) is 0 Å². The molecule has 0 unspecified atom stereocenters. The Morgan fingerprint density at radius 2 is 1.88 bits per heavy atom. The summed E-state index contributed by atoms with van der Waals surface area (Å²) in [5.74, 6) is 1.13. The molecule has 1 aromatic heterocycles. The molecule has 0 aliphatic carbocycles. The topological polar surface area (TPSA) is 33.3 Å². The lowest BCUT2D eigenvalue weighted by atomic mass is 10.3. The van der Waals surface area contributed by atoms with Crippen molar-refractivity contribution in [1.29, 1.82) is 0 Å². The standard InChI is InChI=1S/C13H13NO2/c15-12-5-4-8-14(11-12)9-10-16-13-6-2-1-3-7-13/h1-8,11H,9-10H2/p+1. The third kappa shape index (κ3) is 2.98. The molecule has 0 spiro atoms. The molecule has 2 rings (SSSR count). The average molecular weight is 216 g/mol. The van der Waals surface area contributed by atoms with Gasteiger partial charge in [0.25, 0.3) is 0 Å². The summed E-state index contributed by atoms with van der Waals surface area (Å²) in [5, 5.41) is 9.27. The molecule has 0 fully saturated rings. The second-order valence-corrected chi connectivity index (χ2v) is 3.46. The Labute approximate surface area is 94.6 Å². The number of aromatic nitrogens is 1. The van der Waals surface area contributed by atoms with Crippen LogP contribution in [0, 0.1) is 0 Å². The summed E-state index contributed by atoms with van der Waals surface area (Å²) in [5.41, 5.74) is 0. The SMILES string of the molecule is Oc1ccc[n+](CCOc2ccccc2)c1. The molecule has 0 saturated carbocycles. The predicted octanol–water partition coefficient (Wildman–Crippen LogP) is 1.76. The van der Waals surface area contributed by atoms with E-state index in [1.54, 1.807) is 18.3 Å². The Kier molecular flexibility index (Phi) is 3.38. The van der Waals surface area contributed by atoms with Crippen LogP contribution in [0.3, 0.4) is 0 Å². The van der Waals surface area contributed by atoms with Gasteiger partial charge in [0.05, 0.1) is 0 Å². The van der Waals surface area contributed by atoms with Crippen molar-refractivity contribution < 1.29 is 14.4 Å². The summed E-state index contributed by atoms with van der Waals surface area (Å²) in [6.45, 7) is 1.29. The second kappa shape index (κ2) is 5.16. The average Bonchev–Trinajstić information content (AvgIpc) is 2.30. The lowest BCUT2D eigenvalue weighted by Crippen LogP contribution is -2.35. The lowest BCUT2D eigenvalue weighted by molar-refractivity contribution is -0.697. The third-order valence-electron chi connectivity index (χ3n) is 2.20. The normalized spacial score (nSPS) is 10.0. The number of pyridine rings is 1. The van der Waals surface area contributed by atoms with E-state index in [0.29, 0.717) is 13.2 Å². The Morgan fingerprint density at radius 1 is 1.06 bits per heavy atom. The van der Waals surface area contributed by atoms with Crippen LogP contribution in [0.25, 0.3) is 0 Å². The van der Waals surface area contributed by atoms with Crippen molar-refractivity contribution in [2.45, 2.75) is 6.54 Å². The molecule has 3 heteroatoms. The Morgan fingerprint density at radius 3 is 2.62 bits per heavy atom. The van der Waals surface area contributed by atoms with E-state index in [4.69, 9.17) is 4.74 Å². The van der Waals surface area contributed by atoms with Crippen LogP contribution < -0.4 is 9.30 Å². The fraction of sp³-hybridized carbons (Fsp3) is 0.154. The number of para-hydroxylation sites is 1. The number of aromatic hydroxyl groups is 1. The van der Waals surface area contributed by atoms with Crippen molar-refractivity contribution >= 4 is 0 Å². The van der Waals surface area contributed by atoms with Gasteiger partial charge in [-0.25, -0.2) is 0 Å². The van der Waals surface area contributed by atoms with Crippen molar-refractivity contribution in [3.63, 3.8) is 0 Å². The maximum atomic E-state index is 9.27. The first kappa shape index (κ1) is 10.5. The molecule has 1 N–H and O–H groups in total. The quantitative estimate of drug-likeness (QED) is 0.790. The predicted molar refractivity (Wildman–Crippen MR) is 60.2 cm³/mol. The largest absolute Gasteiger partial charge is 0.503 e. The molecule has 16 heavy (non-hydrogen) atoms. The van der Waals surface area contributed by atoms with E-state index < -0.39 is 0 Å². The van der Waals surface area contributed by atoms with Gasteiger partial charge in [-0.15, -0.1) is 0 Å². The van der Waals surface area contributed by atoms with E-state index in [-0.39, 0.29) is 5.75 Å². The molecule has 0 radical (unpaired) electrons. The minimum Gasteiger partial charge on any atom is -0.503 e. The Bertz CT molecular complexity index is 443. The molecule has 0 atom stereocenters. The minimum atomic E-state index is 0.266. The Hall–Kier alpha value is -2.03. The van der Waals surface area contributed by atoms with Crippen molar-refractivity contribution in [3.05, 3.63) is 54.9 Å². The summed E-state index contributed by atoms with van der Waals surface area (Å²) < 4.78 is 7.43. The van der Waals surface area contributed by atoms with Gasteiger partial charge < -0.3 is 9.84 Å². The van der Waals surface area contributed by atoms with E-state index in [0.717, 1.165) is 5.75 Å². The van der Waals surface area contributed by atoms with E-state index in [1.165, 1.54) is 0 Å². The number of ether oxygens (including phenoxy) is 1. The third-order valence-corrected chi connectivity index (χ3v) is 2.20. The van der Waals surface area contributed by atoms with Crippen LogP contribution in [0.5, 0.6) is 11.5 Å². The lowest BCUT2D eigenvalue weighted by Gasteiger charge is -2.03. The molecule has 1 aromatic carbocycles. The van der Waals surface area contributed by atoms with Gasteiger partial charge in [0.2, 0.25) is 6.20 Å². The van der Waals surface area contributed by atoms with Gasteiger partial charge in [-0.05, 0) is 18.2 Å². The first-order valence-corrected chi connectivity index (χ1v) is 5.20. The fourth-order valence-corrected chi connectivity index (χ4v) is 1.43. The molecule has 0 aliphatic heterocycles. The summed E-state index contributed by atoms with van der Waals surface area (Å²) in [6.07, 6.45) is 3.57. The van der Waals surface area contributed by atoms with Crippen LogP contribution in [0.4, 0.5) is 0 Å². The van der Waals surface area contributed by atoms with Crippen molar-refractivity contribution in [2.24, 2.45) is 0 Å². The van der Waals surface area contributed by atoms with E-state index in [2.05, 4.69) is 0 Å². The summed E-state index contributed by atoms with van der Waals surface area (Å²) in [4.78, 5) is 0. The van der Waals surface area contributed by atoms with E-state index in [1.807, 2.05) is 41.1 Å². The Balaban J connectivity index is 1.85. The van der Waals surface area contributed by atoms with Crippen LogP contribution in [-0.2, 0) is 6.54 Å². The van der Waals surface area contributed by atoms with E-state index in [9.17, 15) is 5.11 Å².